The van der Waals surface area contributed by atoms with Gasteiger partial charge in [-0.25, -0.2) is 4.98 Å². The molecule has 2 aromatic heterocycles. The first-order valence-corrected chi connectivity index (χ1v) is 6.87. The topological polar surface area (TPSA) is 80.9 Å². The van der Waals surface area contributed by atoms with E-state index in [0.29, 0.717) is 5.69 Å². The summed E-state index contributed by atoms with van der Waals surface area (Å²) in [6, 6.07) is 3.51. The standard InChI is InChI=1S/C13H16N4OS/c1-8(14)13-17-11(7-19-13)12(18)16-9(2)10-4-3-5-15-6-10/h3-9H,14H2,1-2H3,(H,16,18). The molecule has 2 aromatic rings. The number of hydrogen-bond donors (Lipinski definition) is 2. The number of pyridine rings is 1. The van der Waals surface area contributed by atoms with Crippen molar-refractivity contribution in [1.82, 2.24) is 15.3 Å². The summed E-state index contributed by atoms with van der Waals surface area (Å²) in [6.45, 7) is 3.76. The van der Waals surface area contributed by atoms with Crippen molar-refractivity contribution in [2.75, 3.05) is 0 Å². The smallest absolute Gasteiger partial charge is 0.271 e. The van der Waals surface area contributed by atoms with Gasteiger partial charge in [0.05, 0.1) is 12.1 Å². The van der Waals surface area contributed by atoms with Gasteiger partial charge in [0.25, 0.3) is 5.91 Å². The molecule has 0 aliphatic rings. The Morgan fingerprint density at radius 2 is 2.26 bits per heavy atom. The number of carbonyl (C=O) groups excluding carboxylic acids is 1. The number of nitrogens with zero attached hydrogens (tertiary/aromatic N) is 2. The molecule has 0 aromatic carbocycles. The number of thiazole rings is 1. The van der Waals surface area contributed by atoms with Gasteiger partial charge in [0.2, 0.25) is 0 Å². The number of nitrogens with one attached hydrogen (secondary N) is 1. The molecular formula is C13H16N4OS. The van der Waals surface area contributed by atoms with E-state index in [1.165, 1.54) is 11.3 Å². The van der Waals surface area contributed by atoms with E-state index in [-0.39, 0.29) is 18.0 Å². The normalized spacial score (nSPS) is 13.8. The molecule has 0 bridgehead atoms. The maximum absolute atomic E-state index is 12.0. The van der Waals surface area contributed by atoms with Crippen molar-refractivity contribution in [3.63, 3.8) is 0 Å². The summed E-state index contributed by atoms with van der Waals surface area (Å²) in [7, 11) is 0. The fourth-order valence-corrected chi connectivity index (χ4v) is 2.34. The Morgan fingerprint density at radius 1 is 1.47 bits per heavy atom. The Morgan fingerprint density at radius 3 is 2.84 bits per heavy atom. The third-order valence-electron chi connectivity index (χ3n) is 2.68. The van der Waals surface area contributed by atoms with Crippen LogP contribution in [0.5, 0.6) is 0 Å². The van der Waals surface area contributed by atoms with Crippen LogP contribution in [0.1, 0.15) is 47.0 Å². The minimum atomic E-state index is -0.195. The Labute approximate surface area is 115 Å². The second-order valence-electron chi connectivity index (χ2n) is 4.34. The van der Waals surface area contributed by atoms with Crippen molar-refractivity contribution in [2.45, 2.75) is 25.9 Å². The highest BCUT2D eigenvalue weighted by Gasteiger charge is 2.15. The van der Waals surface area contributed by atoms with Crippen LogP contribution in [0.4, 0.5) is 0 Å². The Bertz CT molecular complexity index is 553. The summed E-state index contributed by atoms with van der Waals surface area (Å²) in [5, 5.41) is 5.38. The zero-order chi connectivity index (χ0) is 13.8. The average Bonchev–Trinajstić information content (AvgIpc) is 2.89. The van der Waals surface area contributed by atoms with Gasteiger partial charge in [0.15, 0.2) is 0 Å². The van der Waals surface area contributed by atoms with Gasteiger partial charge >= 0.3 is 0 Å². The summed E-state index contributed by atoms with van der Waals surface area (Å²) in [6.07, 6.45) is 3.44. The zero-order valence-corrected chi connectivity index (χ0v) is 11.6. The molecule has 1 amide bonds. The summed E-state index contributed by atoms with van der Waals surface area (Å²) >= 11 is 1.40. The number of rotatable bonds is 4. The summed E-state index contributed by atoms with van der Waals surface area (Å²) in [5.41, 5.74) is 7.09. The molecule has 2 rings (SSSR count). The molecule has 0 saturated heterocycles. The van der Waals surface area contributed by atoms with Crippen LogP contribution >= 0.6 is 11.3 Å². The Kier molecular flexibility index (Phi) is 4.24. The summed E-state index contributed by atoms with van der Waals surface area (Å²) < 4.78 is 0. The molecule has 0 aliphatic carbocycles. The molecule has 0 saturated carbocycles. The molecule has 5 nitrogen and oxygen atoms in total. The van der Waals surface area contributed by atoms with Crippen molar-refractivity contribution >= 4 is 17.2 Å². The predicted molar refractivity (Wildman–Crippen MR) is 74.8 cm³/mol. The lowest BCUT2D eigenvalue weighted by atomic mass is 10.1. The fourth-order valence-electron chi connectivity index (χ4n) is 1.59. The third kappa shape index (κ3) is 3.36. The van der Waals surface area contributed by atoms with E-state index in [0.717, 1.165) is 10.6 Å². The van der Waals surface area contributed by atoms with Crippen LogP contribution in [0.3, 0.4) is 0 Å². The molecule has 0 aliphatic heterocycles. The van der Waals surface area contributed by atoms with Crippen LogP contribution in [-0.4, -0.2) is 15.9 Å². The number of hydrogen-bond acceptors (Lipinski definition) is 5. The molecular weight excluding hydrogens is 260 g/mol. The van der Waals surface area contributed by atoms with Gasteiger partial charge < -0.3 is 11.1 Å². The highest BCUT2D eigenvalue weighted by atomic mass is 32.1. The van der Waals surface area contributed by atoms with E-state index in [1.54, 1.807) is 17.8 Å². The Balaban J connectivity index is 2.04. The molecule has 6 heteroatoms. The van der Waals surface area contributed by atoms with E-state index < -0.39 is 0 Å². The first-order valence-electron chi connectivity index (χ1n) is 5.99. The lowest BCUT2D eigenvalue weighted by Gasteiger charge is -2.12. The van der Waals surface area contributed by atoms with Gasteiger partial charge in [-0.1, -0.05) is 6.07 Å². The Hall–Kier alpha value is -1.79. The first-order chi connectivity index (χ1) is 9.08. The van der Waals surface area contributed by atoms with Gasteiger partial charge in [0.1, 0.15) is 10.7 Å². The van der Waals surface area contributed by atoms with E-state index in [9.17, 15) is 4.79 Å². The van der Waals surface area contributed by atoms with E-state index >= 15 is 0 Å². The lowest BCUT2D eigenvalue weighted by molar-refractivity contribution is 0.0935. The van der Waals surface area contributed by atoms with E-state index in [4.69, 9.17) is 5.73 Å². The second kappa shape index (κ2) is 5.90. The summed E-state index contributed by atoms with van der Waals surface area (Å²) in [5.74, 6) is -0.195. The number of aromatic nitrogens is 2. The van der Waals surface area contributed by atoms with Crippen LogP contribution < -0.4 is 11.1 Å². The minimum Gasteiger partial charge on any atom is -0.344 e. The van der Waals surface area contributed by atoms with Crippen LogP contribution in [-0.2, 0) is 0 Å². The van der Waals surface area contributed by atoms with Crippen LogP contribution in [0.2, 0.25) is 0 Å². The van der Waals surface area contributed by atoms with Gasteiger partial charge in [-0.15, -0.1) is 11.3 Å². The van der Waals surface area contributed by atoms with Gasteiger partial charge in [-0.2, -0.15) is 0 Å². The quantitative estimate of drug-likeness (QED) is 0.895. The van der Waals surface area contributed by atoms with Crippen LogP contribution in [0.15, 0.2) is 29.9 Å². The molecule has 0 fully saturated rings. The molecule has 19 heavy (non-hydrogen) atoms. The average molecular weight is 276 g/mol. The maximum Gasteiger partial charge on any atom is 0.271 e. The van der Waals surface area contributed by atoms with Crippen molar-refractivity contribution in [2.24, 2.45) is 5.73 Å². The third-order valence-corrected chi connectivity index (χ3v) is 3.72. The van der Waals surface area contributed by atoms with Gasteiger partial charge in [-0.05, 0) is 25.5 Å². The monoisotopic (exact) mass is 276 g/mol. The molecule has 2 unspecified atom stereocenters. The molecule has 0 spiro atoms. The fraction of sp³-hybridized carbons (Fsp3) is 0.308. The SMILES string of the molecule is CC(N)c1nc(C(=O)NC(C)c2cccnc2)cs1. The van der Waals surface area contributed by atoms with Crippen molar-refractivity contribution in [1.29, 1.82) is 0 Å². The maximum atomic E-state index is 12.0. The van der Waals surface area contributed by atoms with E-state index in [1.807, 2.05) is 26.0 Å². The van der Waals surface area contributed by atoms with Gasteiger partial charge in [-0.3, -0.25) is 9.78 Å². The number of nitrogens with two attached hydrogens (primary N) is 1. The first kappa shape index (κ1) is 13.6. The van der Waals surface area contributed by atoms with Crippen molar-refractivity contribution in [3.05, 3.63) is 46.2 Å². The minimum absolute atomic E-state index is 0.110. The van der Waals surface area contributed by atoms with E-state index in [2.05, 4.69) is 15.3 Å². The summed E-state index contributed by atoms with van der Waals surface area (Å²) in [4.78, 5) is 20.3. The predicted octanol–water partition coefficient (Wildman–Crippen LogP) is 2.05. The zero-order valence-electron chi connectivity index (χ0n) is 10.8. The lowest BCUT2D eigenvalue weighted by Crippen LogP contribution is -2.27. The second-order valence-corrected chi connectivity index (χ2v) is 5.23. The molecule has 3 N–H and O–H groups in total. The molecule has 0 radical (unpaired) electrons. The van der Waals surface area contributed by atoms with Crippen molar-refractivity contribution in [3.8, 4) is 0 Å². The molecule has 2 heterocycles. The van der Waals surface area contributed by atoms with Crippen LogP contribution in [0, 0.1) is 0 Å². The number of carbonyl (C=O) groups is 1. The largest absolute Gasteiger partial charge is 0.344 e. The highest BCUT2D eigenvalue weighted by Crippen LogP contribution is 2.17. The molecule has 2 atom stereocenters. The van der Waals surface area contributed by atoms with Crippen molar-refractivity contribution < 1.29 is 4.79 Å². The van der Waals surface area contributed by atoms with Gasteiger partial charge in [0, 0.05) is 17.8 Å². The number of amides is 1. The molecule has 100 valence electrons. The highest BCUT2D eigenvalue weighted by molar-refractivity contribution is 7.09. The van der Waals surface area contributed by atoms with Crippen LogP contribution in [0.25, 0.3) is 0 Å².